The first kappa shape index (κ1) is 11.6. The summed E-state index contributed by atoms with van der Waals surface area (Å²) in [7, 11) is 0. The van der Waals surface area contributed by atoms with Gasteiger partial charge in [0.05, 0.1) is 0 Å². The minimum atomic E-state index is 0.206. The van der Waals surface area contributed by atoms with Crippen LogP contribution in [0.15, 0.2) is 52.6 Å². The van der Waals surface area contributed by atoms with E-state index in [1.54, 1.807) is 23.2 Å². The van der Waals surface area contributed by atoms with Crippen LogP contribution in [-0.2, 0) is 4.79 Å². The zero-order chi connectivity index (χ0) is 11.4. The summed E-state index contributed by atoms with van der Waals surface area (Å²) in [5.74, 6) is 0.206. The Morgan fingerprint density at radius 2 is 2.12 bits per heavy atom. The first-order valence-electron chi connectivity index (χ1n) is 5.03. The highest BCUT2D eigenvalue weighted by atomic mass is 32.2. The second kappa shape index (κ2) is 5.41. The Morgan fingerprint density at radius 3 is 2.81 bits per heavy atom. The van der Waals surface area contributed by atoms with Crippen molar-refractivity contribution in [1.29, 1.82) is 0 Å². The number of hydrogen-bond donors (Lipinski definition) is 0. The minimum Gasteiger partial charge on any atom is -0.295 e. The second-order valence-electron chi connectivity index (χ2n) is 3.44. The molecule has 2 rings (SSSR count). The van der Waals surface area contributed by atoms with Crippen LogP contribution < -0.4 is 0 Å². The number of allylic oxidation sites excluding steroid dienone is 1. The fourth-order valence-corrected chi connectivity index (χ4v) is 3.75. The molecule has 1 unspecified atom stereocenters. The first-order chi connectivity index (χ1) is 7.79. The lowest BCUT2D eigenvalue weighted by atomic mass is 10.1. The normalized spacial score (nSPS) is 20.4. The number of hydrogen-bond acceptors (Lipinski definition) is 3. The van der Waals surface area contributed by atoms with E-state index in [1.807, 2.05) is 18.2 Å². The minimum absolute atomic E-state index is 0.206. The van der Waals surface area contributed by atoms with Gasteiger partial charge in [0, 0.05) is 22.0 Å². The Balaban J connectivity index is 2.18. The van der Waals surface area contributed by atoms with E-state index in [4.69, 9.17) is 0 Å². The van der Waals surface area contributed by atoms with Gasteiger partial charge in [-0.1, -0.05) is 48.7 Å². The molecular formula is C13H12OS2. The van der Waals surface area contributed by atoms with E-state index in [9.17, 15) is 4.79 Å². The molecule has 0 spiro atoms. The molecule has 82 valence electrons. The van der Waals surface area contributed by atoms with Crippen LogP contribution in [0.3, 0.4) is 0 Å². The van der Waals surface area contributed by atoms with E-state index in [1.165, 1.54) is 17.3 Å². The Morgan fingerprint density at radius 1 is 1.38 bits per heavy atom. The van der Waals surface area contributed by atoms with Crippen LogP contribution in [0, 0.1) is 0 Å². The van der Waals surface area contributed by atoms with Crippen LogP contribution in [0.5, 0.6) is 0 Å². The van der Waals surface area contributed by atoms with Crippen molar-refractivity contribution < 1.29 is 4.79 Å². The molecule has 1 aromatic carbocycles. The standard InChI is InChI=1S/C13H12OS2/c1-2-15-13-9-11(14)8-12(16-13)10-6-4-3-5-7-10/h2-7,9,12H,1,8H2. The van der Waals surface area contributed by atoms with Crippen molar-refractivity contribution in [2.75, 3.05) is 0 Å². The summed E-state index contributed by atoms with van der Waals surface area (Å²) in [4.78, 5) is 11.6. The van der Waals surface area contributed by atoms with Crippen LogP contribution in [0.4, 0.5) is 0 Å². The third-order valence-corrected chi connectivity index (χ3v) is 4.46. The lowest BCUT2D eigenvalue weighted by Crippen LogP contribution is -2.06. The smallest absolute Gasteiger partial charge is 0.158 e. The average Bonchev–Trinajstić information content (AvgIpc) is 2.30. The number of carbonyl (C=O) groups is 1. The Kier molecular flexibility index (Phi) is 3.91. The first-order valence-corrected chi connectivity index (χ1v) is 6.79. The largest absolute Gasteiger partial charge is 0.295 e. The molecule has 0 radical (unpaired) electrons. The van der Waals surface area contributed by atoms with E-state index < -0.39 is 0 Å². The molecule has 0 saturated heterocycles. The van der Waals surface area contributed by atoms with Crippen molar-refractivity contribution in [2.45, 2.75) is 11.7 Å². The maximum atomic E-state index is 11.6. The molecular weight excluding hydrogens is 236 g/mol. The van der Waals surface area contributed by atoms with Gasteiger partial charge in [-0.2, -0.15) is 0 Å². The van der Waals surface area contributed by atoms with Crippen LogP contribution in [-0.4, -0.2) is 5.78 Å². The predicted octanol–water partition coefficient (Wildman–Crippen LogP) is 4.15. The lowest BCUT2D eigenvalue weighted by Gasteiger charge is -2.20. The van der Waals surface area contributed by atoms with Crippen LogP contribution in [0.25, 0.3) is 0 Å². The monoisotopic (exact) mass is 248 g/mol. The van der Waals surface area contributed by atoms with Crippen molar-refractivity contribution in [3.05, 3.63) is 58.2 Å². The number of ketones is 1. The van der Waals surface area contributed by atoms with E-state index in [2.05, 4.69) is 18.7 Å². The van der Waals surface area contributed by atoms with E-state index in [0.717, 1.165) is 4.24 Å². The highest BCUT2D eigenvalue weighted by Crippen LogP contribution is 2.45. The van der Waals surface area contributed by atoms with E-state index in [-0.39, 0.29) is 11.0 Å². The number of benzene rings is 1. The Labute approximate surface area is 104 Å². The Bertz CT molecular complexity index is 423. The molecule has 0 N–H and O–H groups in total. The van der Waals surface area contributed by atoms with Gasteiger partial charge < -0.3 is 0 Å². The van der Waals surface area contributed by atoms with Gasteiger partial charge in [-0.15, -0.1) is 11.8 Å². The lowest BCUT2D eigenvalue weighted by molar-refractivity contribution is -0.114. The quantitative estimate of drug-likeness (QED) is 0.800. The predicted molar refractivity (Wildman–Crippen MR) is 72.3 cm³/mol. The third kappa shape index (κ3) is 2.80. The SMILES string of the molecule is C=CSC1=CC(=O)CC(c2ccccc2)S1. The van der Waals surface area contributed by atoms with Gasteiger partial charge in [0.15, 0.2) is 5.78 Å². The molecule has 1 heterocycles. The topological polar surface area (TPSA) is 17.1 Å². The van der Waals surface area contributed by atoms with E-state index >= 15 is 0 Å². The molecule has 3 heteroatoms. The van der Waals surface area contributed by atoms with Crippen LogP contribution in [0.2, 0.25) is 0 Å². The number of carbonyl (C=O) groups excluding carboxylic acids is 1. The third-order valence-electron chi connectivity index (χ3n) is 2.29. The second-order valence-corrected chi connectivity index (χ2v) is 5.95. The molecule has 1 atom stereocenters. The highest BCUT2D eigenvalue weighted by molar-refractivity contribution is 8.23. The van der Waals surface area contributed by atoms with Crippen molar-refractivity contribution in [3.8, 4) is 0 Å². The fourth-order valence-electron chi connectivity index (χ4n) is 1.59. The van der Waals surface area contributed by atoms with Gasteiger partial charge in [0.25, 0.3) is 0 Å². The van der Waals surface area contributed by atoms with Crippen LogP contribution >= 0.6 is 23.5 Å². The van der Waals surface area contributed by atoms with Crippen LogP contribution in [0.1, 0.15) is 17.2 Å². The molecule has 0 aromatic heterocycles. The van der Waals surface area contributed by atoms with Crippen molar-refractivity contribution in [1.82, 2.24) is 0 Å². The summed E-state index contributed by atoms with van der Waals surface area (Å²) >= 11 is 3.27. The summed E-state index contributed by atoms with van der Waals surface area (Å²) in [5, 5.41) is 2.01. The molecule has 0 fully saturated rings. The highest BCUT2D eigenvalue weighted by Gasteiger charge is 2.22. The maximum absolute atomic E-state index is 11.6. The molecule has 0 aliphatic carbocycles. The molecule has 1 aliphatic rings. The Hall–Kier alpha value is -0.930. The van der Waals surface area contributed by atoms with Gasteiger partial charge in [-0.3, -0.25) is 4.79 Å². The fraction of sp³-hybridized carbons (Fsp3) is 0.154. The van der Waals surface area contributed by atoms with Crippen molar-refractivity contribution in [3.63, 3.8) is 0 Å². The average molecular weight is 248 g/mol. The molecule has 1 aliphatic heterocycles. The summed E-state index contributed by atoms with van der Waals surface area (Å²) in [6, 6.07) is 10.2. The summed E-state index contributed by atoms with van der Waals surface area (Å²) in [6.07, 6.45) is 2.31. The number of rotatable bonds is 3. The molecule has 0 saturated carbocycles. The number of thioether (sulfide) groups is 2. The van der Waals surface area contributed by atoms with Crippen molar-refractivity contribution in [2.24, 2.45) is 0 Å². The van der Waals surface area contributed by atoms with Gasteiger partial charge in [-0.05, 0) is 11.0 Å². The zero-order valence-corrected chi connectivity index (χ0v) is 10.4. The van der Waals surface area contributed by atoms with Gasteiger partial charge in [0.2, 0.25) is 0 Å². The maximum Gasteiger partial charge on any atom is 0.158 e. The van der Waals surface area contributed by atoms with Gasteiger partial charge in [0.1, 0.15) is 0 Å². The van der Waals surface area contributed by atoms with Gasteiger partial charge in [-0.25, -0.2) is 0 Å². The molecule has 16 heavy (non-hydrogen) atoms. The van der Waals surface area contributed by atoms with Gasteiger partial charge >= 0.3 is 0 Å². The summed E-state index contributed by atoms with van der Waals surface area (Å²) in [6.45, 7) is 3.68. The van der Waals surface area contributed by atoms with Crippen molar-refractivity contribution >= 4 is 29.3 Å². The molecule has 0 amide bonds. The molecule has 1 aromatic rings. The van der Waals surface area contributed by atoms with E-state index in [0.29, 0.717) is 6.42 Å². The molecule has 0 bridgehead atoms. The summed E-state index contributed by atoms with van der Waals surface area (Å²) in [5.41, 5.74) is 1.22. The zero-order valence-electron chi connectivity index (χ0n) is 8.76. The molecule has 1 nitrogen and oxygen atoms in total. The summed E-state index contributed by atoms with van der Waals surface area (Å²) < 4.78 is 1.04.